The van der Waals surface area contributed by atoms with Gasteiger partial charge in [0, 0.05) is 13.1 Å². The van der Waals surface area contributed by atoms with E-state index in [1.807, 2.05) is 51.1 Å². The van der Waals surface area contributed by atoms with Crippen molar-refractivity contribution in [3.63, 3.8) is 0 Å². The molecule has 3 N–H and O–H groups in total. The molecular weight excluding hydrogens is 537 g/mol. The van der Waals surface area contributed by atoms with Crippen LogP contribution in [0.2, 0.25) is 0 Å². The van der Waals surface area contributed by atoms with Crippen molar-refractivity contribution in [2.45, 2.75) is 39.5 Å². The number of carbonyl (C=O) groups excluding carboxylic acids is 1. The summed E-state index contributed by atoms with van der Waals surface area (Å²) >= 11 is 0. The largest absolute Gasteiger partial charge is 0.496 e. The number of benzene rings is 2. The molecule has 2 aromatic rings. The van der Waals surface area contributed by atoms with Crippen LogP contribution in [0.3, 0.4) is 0 Å². The van der Waals surface area contributed by atoms with E-state index in [0.717, 1.165) is 16.9 Å². The van der Waals surface area contributed by atoms with E-state index in [1.54, 1.807) is 12.1 Å². The van der Waals surface area contributed by atoms with Gasteiger partial charge in [0.15, 0.2) is 5.96 Å². The molecule has 0 aromatic heterocycles. The first-order valence-corrected chi connectivity index (χ1v) is 10.6. The van der Waals surface area contributed by atoms with Crippen LogP contribution < -0.4 is 20.1 Å². The highest BCUT2D eigenvalue weighted by atomic mass is 127. The van der Waals surface area contributed by atoms with Crippen LogP contribution in [0.5, 0.6) is 11.5 Å². The molecule has 2 rings (SSSR count). The molecule has 0 radical (unpaired) electrons. The van der Waals surface area contributed by atoms with E-state index in [1.165, 1.54) is 14.2 Å². The molecule has 0 aliphatic rings. The van der Waals surface area contributed by atoms with Gasteiger partial charge in [-0.25, -0.2) is 9.79 Å². The van der Waals surface area contributed by atoms with Crippen LogP contribution >= 0.6 is 24.0 Å². The molecule has 0 amide bonds. The number of halogens is 1. The van der Waals surface area contributed by atoms with E-state index >= 15 is 0 Å². The molecule has 182 valence electrons. The smallest absolute Gasteiger partial charge is 0.341 e. The topological polar surface area (TPSA) is 101 Å². The molecule has 0 fully saturated rings. The first kappa shape index (κ1) is 28.5. The van der Waals surface area contributed by atoms with Gasteiger partial charge in [-0.3, -0.25) is 0 Å². The molecule has 0 saturated heterocycles. The highest BCUT2D eigenvalue weighted by Gasteiger charge is 2.14. The highest BCUT2D eigenvalue weighted by Crippen LogP contribution is 2.21. The monoisotopic (exact) mass is 571 g/mol. The second-order valence-corrected chi connectivity index (χ2v) is 7.35. The van der Waals surface area contributed by atoms with Crippen LogP contribution in [0.15, 0.2) is 47.5 Å². The molecule has 0 saturated carbocycles. The van der Waals surface area contributed by atoms with Gasteiger partial charge in [-0.2, -0.15) is 0 Å². The van der Waals surface area contributed by atoms with Gasteiger partial charge in [-0.1, -0.05) is 18.2 Å². The van der Waals surface area contributed by atoms with Gasteiger partial charge in [0.1, 0.15) is 17.1 Å². The molecular formula is C24H34IN3O5. The number of ether oxygens (including phenoxy) is 3. The zero-order chi connectivity index (χ0) is 23.5. The van der Waals surface area contributed by atoms with Crippen molar-refractivity contribution in [3.05, 3.63) is 59.2 Å². The Kier molecular flexibility index (Phi) is 12.6. The zero-order valence-electron chi connectivity index (χ0n) is 19.8. The SMILES string of the molecule is CCNC(=NCc1ccc(OC)c(C(=O)OC)c1)NCC(O)c1ccc(OC(C)C)cc1.I. The van der Waals surface area contributed by atoms with E-state index in [9.17, 15) is 9.90 Å². The van der Waals surface area contributed by atoms with E-state index in [4.69, 9.17) is 14.2 Å². The van der Waals surface area contributed by atoms with Gasteiger partial charge < -0.3 is 30.0 Å². The Morgan fingerprint density at radius 2 is 1.79 bits per heavy atom. The van der Waals surface area contributed by atoms with Crippen LogP contribution in [0.1, 0.15) is 48.4 Å². The number of carbonyl (C=O) groups is 1. The standard InChI is InChI=1S/C24H33N3O5.HI/c1-6-25-24(26-14-17-7-12-22(30-4)20(13-17)23(29)31-5)27-15-21(28)18-8-10-19(11-9-18)32-16(2)3;/h7-13,16,21,28H,6,14-15H2,1-5H3,(H2,25,26,27);1H. The van der Waals surface area contributed by atoms with E-state index in [2.05, 4.69) is 15.6 Å². The summed E-state index contributed by atoms with van der Waals surface area (Å²) in [5.74, 6) is 1.31. The number of guanidine groups is 1. The average Bonchev–Trinajstić information content (AvgIpc) is 2.80. The number of rotatable bonds is 10. The summed E-state index contributed by atoms with van der Waals surface area (Å²) in [6.07, 6.45) is -0.611. The van der Waals surface area contributed by atoms with Crippen LogP contribution in [0, 0.1) is 0 Å². The Morgan fingerprint density at radius 3 is 2.36 bits per heavy atom. The highest BCUT2D eigenvalue weighted by molar-refractivity contribution is 14.0. The van der Waals surface area contributed by atoms with Crippen LogP contribution in [-0.2, 0) is 11.3 Å². The number of hydrogen-bond acceptors (Lipinski definition) is 6. The maximum atomic E-state index is 12.0. The summed E-state index contributed by atoms with van der Waals surface area (Å²) in [5.41, 5.74) is 1.95. The molecule has 0 spiro atoms. The summed E-state index contributed by atoms with van der Waals surface area (Å²) < 4.78 is 15.7. The molecule has 8 nitrogen and oxygen atoms in total. The second-order valence-electron chi connectivity index (χ2n) is 7.35. The first-order chi connectivity index (χ1) is 15.4. The van der Waals surface area contributed by atoms with Gasteiger partial charge in [0.25, 0.3) is 0 Å². The lowest BCUT2D eigenvalue weighted by Gasteiger charge is -2.16. The maximum Gasteiger partial charge on any atom is 0.341 e. The molecule has 1 unspecified atom stereocenters. The van der Waals surface area contributed by atoms with E-state index in [0.29, 0.717) is 30.4 Å². The van der Waals surface area contributed by atoms with Gasteiger partial charge >= 0.3 is 5.97 Å². The minimum Gasteiger partial charge on any atom is -0.496 e. The zero-order valence-corrected chi connectivity index (χ0v) is 22.1. The van der Waals surface area contributed by atoms with Gasteiger partial charge in [0.05, 0.1) is 33.0 Å². The van der Waals surface area contributed by atoms with Crippen molar-refractivity contribution in [3.8, 4) is 11.5 Å². The number of aliphatic imine (C=N–C) groups is 1. The predicted molar refractivity (Wildman–Crippen MR) is 140 cm³/mol. The lowest BCUT2D eigenvalue weighted by molar-refractivity contribution is 0.0597. The average molecular weight is 571 g/mol. The summed E-state index contributed by atoms with van der Waals surface area (Å²) in [5, 5.41) is 16.8. The van der Waals surface area contributed by atoms with E-state index in [-0.39, 0.29) is 36.6 Å². The number of aliphatic hydroxyl groups is 1. The quantitative estimate of drug-likeness (QED) is 0.173. The fourth-order valence-corrected chi connectivity index (χ4v) is 2.99. The lowest BCUT2D eigenvalue weighted by atomic mass is 10.1. The molecule has 0 bridgehead atoms. The third-order valence-electron chi connectivity index (χ3n) is 4.53. The Bertz CT molecular complexity index is 903. The number of nitrogens with one attached hydrogen (secondary N) is 2. The Hall–Kier alpha value is -2.53. The molecule has 0 aliphatic carbocycles. The summed E-state index contributed by atoms with van der Waals surface area (Å²) in [6, 6.07) is 12.6. The van der Waals surface area contributed by atoms with Crippen molar-refractivity contribution < 1.29 is 24.1 Å². The summed E-state index contributed by atoms with van der Waals surface area (Å²) in [7, 11) is 2.83. The lowest BCUT2D eigenvalue weighted by Crippen LogP contribution is -2.39. The fourth-order valence-electron chi connectivity index (χ4n) is 2.99. The number of nitrogens with zero attached hydrogens (tertiary/aromatic N) is 1. The van der Waals surface area contributed by atoms with E-state index < -0.39 is 12.1 Å². The number of hydrogen-bond donors (Lipinski definition) is 3. The Labute approximate surface area is 212 Å². The summed E-state index contributed by atoms with van der Waals surface area (Å²) in [4.78, 5) is 16.5. The molecule has 0 heterocycles. The van der Waals surface area contributed by atoms with Crippen LogP contribution in [-0.4, -0.2) is 50.4 Å². The number of aliphatic hydroxyl groups excluding tert-OH is 1. The van der Waals surface area contributed by atoms with Crippen molar-refractivity contribution in [2.75, 3.05) is 27.3 Å². The number of methoxy groups -OCH3 is 2. The maximum absolute atomic E-state index is 12.0. The van der Waals surface area contributed by atoms with Crippen LogP contribution in [0.25, 0.3) is 0 Å². The second kappa shape index (κ2) is 14.6. The molecule has 2 aromatic carbocycles. The first-order valence-electron chi connectivity index (χ1n) is 10.6. The third kappa shape index (κ3) is 9.09. The molecule has 9 heteroatoms. The van der Waals surface area contributed by atoms with Gasteiger partial charge in [-0.15, -0.1) is 24.0 Å². The predicted octanol–water partition coefficient (Wildman–Crippen LogP) is 3.68. The van der Waals surface area contributed by atoms with Crippen molar-refractivity contribution in [2.24, 2.45) is 4.99 Å². The normalized spacial score (nSPS) is 11.9. The van der Waals surface area contributed by atoms with Crippen molar-refractivity contribution >= 4 is 35.9 Å². The minimum atomic E-state index is -0.709. The Balaban J connectivity index is 0.00000544. The minimum absolute atomic E-state index is 0. The third-order valence-corrected chi connectivity index (χ3v) is 4.53. The van der Waals surface area contributed by atoms with Crippen molar-refractivity contribution in [1.29, 1.82) is 0 Å². The van der Waals surface area contributed by atoms with Gasteiger partial charge in [0.2, 0.25) is 0 Å². The van der Waals surface area contributed by atoms with Crippen molar-refractivity contribution in [1.82, 2.24) is 10.6 Å². The molecule has 1 atom stereocenters. The fraction of sp³-hybridized carbons (Fsp3) is 0.417. The molecule has 0 aliphatic heterocycles. The van der Waals surface area contributed by atoms with Gasteiger partial charge in [-0.05, 0) is 56.2 Å². The summed E-state index contributed by atoms with van der Waals surface area (Å²) in [6.45, 7) is 7.18. The number of esters is 1. The molecule has 33 heavy (non-hydrogen) atoms. The Morgan fingerprint density at radius 1 is 1.09 bits per heavy atom. The van der Waals surface area contributed by atoms with Crippen LogP contribution in [0.4, 0.5) is 0 Å².